The number of aromatic nitrogens is 4. The molecule has 134 valence electrons. The number of hydrogen-bond donors (Lipinski definition) is 2. The summed E-state index contributed by atoms with van der Waals surface area (Å²) >= 11 is 0. The molecule has 2 aromatic heterocycles. The monoisotopic (exact) mass is 341 g/mol. The van der Waals surface area contributed by atoms with Crippen LogP contribution < -0.4 is 16.0 Å². The van der Waals surface area contributed by atoms with Crippen molar-refractivity contribution in [2.24, 2.45) is 0 Å². The van der Waals surface area contributed by atoms with Crippen LogP contribution in [0.25, 0.3) is 0 Å². The maximum absolute atomic E-state index is 5.64. The lowest BCUT2D eigenvalue weighted by molar-refractivity contribution is 0.550. The van der Waals surface area contributed by atoms with Crippen LogP contribution in [-0.2, 0) is 0 Å². The Kier molecular flexibility index (Phi) is 5.63. The number of hydrogen-bond acceptors (Lipinski definition) is 7. The third kappa shape index (κ3) is 4.55. The summed E-state index contributed by atoms with van der Waals surface area (Å²) < 4.78 is 0. The summed E-state index contributed by atoms with van der Waals surface area (Å²) in [5, 5.41) is 3.33. The van der Waals surface area contributed by atoms with Crippen molar-refractivity contribution in [3.8, 4) is 0 Å². The van der Waals surface area contributed by atoms with Crippen molar-refractivity contribution in [3.05, 3.63) is 29.7 Å². The van der Waals surface area contributed by atoms with Gasteiger partial charge < -0.3 is 16.0 Å². The van der Waals surface area contributed by atoms with E-state index in [2.05, 4.69) is 32.1 Å². The van der Waals surface area contributed by atoms with Gasteiger partial charge in [-0.2, -0.15) is 4.98 Å². The Morgan fingerprint density at radius 2 is 1.80 bits per heavy atom. The molecule has 0 aliphatic carbocycles. The van der Waals surface area contributed by atoms with Gasteiger partial charge in [-0.25, -0.2) is 15.0 Å². The second-order valence-electron chi connectivity index (χ2n) is 6.63. The fourth-order valence-corrected chi connectivity index (χ4v) is 3.24. The first kappa shape index (κ1) is 17.4. The lowest BCUT2D eigenvalue weighted by atomic mass is 10.1. The van der Waals surface area contributed by atoms with E-state index in [4.69, 9.17) is 10.7 Å². The maximum Gasteiger partial charge on any atom is 0.225 e. The standard InChI is InChI=1S/C18H27N7/c1-13(22-16-8-9-20-17(19)24-16)15-12-21-18(23-14(15)2)25-10-6-4-3-5-7-11-25/h8-9,12-13H,3-7,10-11H2,1-2H3,(H3,19,20,22,24)/t13-/m0/s1. The number of nitrogens with two attached hydrogens (primary N) is 1. The third-order valence-electron chi connectivity index (χ3n) is 4.65. The highest BCUT2D eigenvalue weighted by atomic mass is 15.2. The molecule has 1 aliphatic heterocycles. The first-order valence-electron chi connectivity index (χ1n) is 9.07. The number of nitrogens with zero attached hydrogens (tertiary/aromatic N) is 5. The summed E-state index contributed by atoms with van der Waals surface area (Å²) in [6.45, 7) is 6.20. The molecule has 3 heterocycles. The van der Waals surface area contributed by atoms with Crippen molar-refractivity contribution < 1.29 is 0 Å². The van der Waals surface area contributed by atoms with Crippen LogP contribution >= 0.6 is 0 Å². The SMILES string of the molecule is Cc1nc(N2CCCCCCC2)ncc1[C@H](C)Nc1ccnc(N)n1. The third-order valence-corrected chi connectivity index (χ3v) is 4.65. The first-order chi connectivity index (χ1) is 12.1. The van der Waals surface area contributed by atoms with Crippen LogP contribution in [0.15, 0.2) is 18.5 Å². The fraction of sp³-hybridized carbons (Fsp3) is 0.556. The number of rotatable bonds is 4. The molecule has 0 unspecified atom stereocenters. The van der Waals surface area contributed by atoms with E-state index in [1.54, 1.807) is 12.3 Å². The molecular formula is C18H27N7. The van der Waals surface area contributed by atoms with E-state index < -0.39 is 0 Å². The number of aryl methyl sites for hydroxylation is 1. The summed E-state index contributed by atoms with van der Waals surface area (Å²) in [5.74, 6) is 1.81. The maximum atomic E-state index is 5.64. The van der Waals surface area contributed by atoms with Crippen LogP contribution in [0.2, 0.25) is 0 Å². The summed E-state index contributed by atoms with van der Waals surface area (Å²) in [6.07, 6.45) is 9.97. The van der Waals surface area contributed by atoms with Gasteiger partial charge >= 0.3 is 0 Å². The van der Waals surface area contributed by atoms with Crippen LogP contribution in [0, 0.1) is 6.92 Å². The quantitative estimate of drug-likeness (QED) is 0.882. The predicted molar refractivity (Wildman–Crippen MR) is 101 cm³/mol. The normalized spacial score (nSPS) is 16.8. The number of nitrogens with one attached hydrogen (secondary N) is 1. The average Bonchev–Trinajstić information content (AvgIpc) is 2.54. The molecule has 0 aromatic carbocycles. The Morgan fingerprint density at radius 1 is 1.08 bits per heavy atom. The van der Waals surface area contributed by atoms with Gasteiger partial charge in [0, 0.05) is 36.7 Å². The Balaban J connectivity index is 1.72. The van der Waals surface area contributed by atoms with Gasteiger partial charge in [0.05, 0.1) is 6.04 Å². The van der Waals surface area contributed by atoms with E-state index in [1.165, 1.54) is 32.1 Å². The van der Waals surface area contributed by atoms with Gasteiger partial charge in [-0.15, -0.1) is 0 Å². The Bertz CT molecular complexity index is 696. The Hall–Kier alpha value is -2.44. The number of anilines is 3. The van der Waals surface area contributed by atoms with Gasteiger partial charge in [0.1, 0.15) is 5.82 Å². The van der Waals surface area contributed by atoms with Crippen LogP contribution in [0.5, 0.6) is 0 Å². The molecule has 1 fully saturated rings. The van der Waals surface area contributed by atoms with Gasteiger partial charge in [0.25, 0.3) is 0 Å². The molecule has 2 aromatic rings. The molecule has 0 spiro atoms. The average molecular weight is 341 g/mol. The zero-order valence-corrected chi connectivity index (χ0v) is 15.1. The van der Waals surface area contributed by atoms with Crippen LogP contribution in [0.3, 0.4) is 0 Å². The highest BCUT2D eigenvalue weighted by Gasteiger charge is 2.16. The molecule has 0 amide bonds. The lowest BCUT2D eigenvalue weighted by Gasteiger charge is -2.25. The second kappa shape index (κ2) is 8.09. The minimum absolute atomic E-state index is 0.0377. The first-order valence-corrected chi connectivity index (χ1v) is 9.07. The van der Waals surface area contributed by atoms with Gasteiger partial charge in [-0.3, -0.25) is 0 Å². The Morgan fingerprint density at radius 3 is 2.48 bits per heavy atom. The van der Waals surface area contributed by atoms with Crippen molar-refractivity contribution in [1.82, 2.24) is 19.9 Å². The summed E-state index contributed by atoms with van der Waals surface area (Å²) in [6, 6.07) is 1.84. The van der Waals surface area contributed by atoms with Crippen molar-refractivity contribution in [2.45, 2.75) is 52.0 Å². The van der Waals surface area contributed by atoms with Crippen molar-refractivity contribution >= 4 is 17.7 Å². The van der Waals surface area contributed by atoms with E-state index in [9.17, 15) is 0 Å². The largest absolute Gasteiger partial charge is 0.368 e. The predicted octanol–water partition coefficient (Wildman–Crippen LogP) is 3.10. The van der Waals surface area contributed by atoms with Crippen LogP contribution in [-0.4, -0.2) is 33.0 Å². The van der Waals surface area contributed by atoms with Crippen molar-refractivity contribution in [1.29, 1.82) is 0 Å². The Labute approximate surface area is 149 Å². The van der Waals surface area contributed by atoms with E-state index in [0.717, 1.165) is 30.3 Å². The van der Waals surface area contributed by atoms with Crippen molar-refractivity contribution in [2.75, 3.05) is 29.0 Å². The highest BCUT2D eigenvalue weighted by molar-refractivity contribution is 5.42. The molecule has 7 heteroatoms. The van der Waals surface area contributed by atoms with Gasteiger partial charge in [-0.1, -0.05) is 19.3 Å². The van der Waals surface area contributed by atoms with E-state index in [-0.39, 0.29) is 12.0 Å². The number of nitrogen functional groups attached to an aromatic ring is 1. The minimum atomic E-state index is 0.0377. The molecule has 1 atom stereocenters. The summed E-state index contributed by atoms with van der Waals surface area (Å²) in [7, 11) is 0. The minimum Gasteiger partial charge on any atom is -0.368 e. The molecule has 1 saturated heterocycles. The zero-order valence-electron chi connectivity index (χ0n) is 15.1. The fourth-order valence-electron chi connectivity index (χ4n) is 3.24. The van der Waals surface area contributed by atoms with Gasteiger partial charge in [0.2, 0.25) is 11.9 Å². The van der Waals surface area contributed by atoms with Gasteiger partial charge in [-0.05, 0) is 32.8 Å². The van der Waals surface area contributed by atoms with Gasteiger partial charge in [0.15, 0.2) is 0 Å². The second-order valence-corrected chi connectivity index (χ2v) is 6.63. The molecular weight excluding hydrogens is 314 g/mol. The van der Waals surface area contributed by atoms with Crippen molar-refractivity contribution in [3.63, 3.8) is 0 Å². The van der Waals surface area contributed by atoms with E-state index in [1.807, 2.05) is 13.1 Å². The summed E-state index contributed by atoms with van der Waals surface area (Å²) in [4.78, 5) is 19.8. The van der Waals surface area contributed by atoms with Crippen LogP contribution in [0.1, 0.15) is 56.3 Å². The lowest BCUT2D eigenvalue weighted by Crippen LogP contribution is -2.29. The zero-order chi connectivity index (χ0) is 17.6. The summed E-state index contributed by atoms with van der Waals surface area (Å²) in [5.41, 5.74) is 7.69. The highest BCUT2D eigenvalue weighted by Crippen LogP contribution is 2.22. The topological polar surface area (TPSA) is 92.9 Å². The molecule has 25 heavy (non-hydrogen) atoms. The molecule has 0 bridgehead atoms. The molecule has 3 N–H and O–H groups in total. The van der Waals surface area contributed by atoms with E-state index in [0.29, 0.717) is 5.82 Å². The van der Waals surface area contributed by atoms with Crippen LogP contribution in [0.4, 0.5) is 17.7 Å². The van der Waals surface area contributed by atoms with E-state index >= 15 is 0 Å². The smallest absolute Gasteiger partial charge is 0.225 e. The molecule has 7 nitrogen and oxygen atoms in total. The molecule has 0 radical (unpaired) electrons. The molecule has 1 aliphatic rings. The molecule has 3 rings (SSSR count). The molecule has 0 saturated carbocycles.